The molecule has 1 unspecified atom stereocenters. The third-order valence-corrected chi connectivity index (χ3v) is 1.91. The molecule has 2 nitrogen and oxygen atoms in total. The van der Waals surface area contributed by atoms with Gasteiger partial charge in [-0.1, -0.05) is 15.9 Å². The molecule has 0 bridgehead atoms. The fourth-order valence-electron chi connectivity index (χ4n) is 0.848. The van der Waals surface area contributed by atoms with Crippen LogP contribution in [0.4, 0.5) is 0 Å². The average Bonchev–Trinajstić information content (AvgIpc) is 1.85. The van der Waals surface area contributed by atoms with Gasteiger partial charge in [0.05, 0.1) is 0 Å². The Kier molecular flexibility index (Phi) is 2.39. The van der Waals surface area contributed by atoms with Crippen LogP contribution in [0.2, 0.25) is 0 Å². The Balaban J connectivity index is 3.08. The van der Waals surface area contributed by atoms with E-state index in [9.17, 15) is 0 Å². The molecule has 1 rings (SSSR count). The minimum atomic E-state index is 0.0892. The zero-order valence-corrected chi connectivity index (χ0v) is 7.67. The van der Waals surface area contributed by atoms with Crippen LogP contribution in [0.1, 0.15) is 17.3 Å². The van der Waals surface area contributed by atoms with Crippen LogP contribution in [-0.2, 0) is 0 Å². The molecule has 1 aromatic rings. The molecular formula is C8H9BrO2. The molecule has 0 heterocycles. The van der Waals surface area contributed by atoms with Crippen LogP contribution in [0, 0.1) is 0 Å². The standard InChI is InChI=1S/C8H9BrO2/c1-5(9)6-2-7(10)4-8(11)3-6/h2-5,10-11H,1H3. The number of hydrogen-bond donors (Lipinski definition) is 2. The largest absolute Gasteiger partial charge is 0.508 e. The lowest BCUT2D eigenvalue weighted by Gasteiger charge is -2.04. The monoisotopic (exact) mass is 216 g/mol. The Morgan fingerprint density at radius 3 is 2.00 bits per heavy atom. The number of phenols is 2. The quantitative estimate of drug-likeness (QED) is 0.709. The maximum atomic E-state index is 9.06. The Morgan fingerprint density at radius 1 is 1.18 bits per heavy atom. The van der Waals surface area contributed by atoms with Crippen molar-refractivity contribution in [2.45, 2.75) is 11.8 Å². The minimum absolute atomic E-state index is 0.0892. The first-order valence-corrected chi connectivity index (χ1v) is 4.18. The van der Waals surface area contributed by atoms with Gasteiger partial charge in [0.1, 0.15) is 11.5 Å². The summed E-state index contributed by atoms with van der Waals surface area (Å²) in [4.78, 5) is 0.139. The molecule has 1 atom stereocenters. The zero-order chi connectivity index (χ0) is 8.43. The SMILES string of the molecule is CC(Br)c1cc(O)cc(O)c1. The Bertz CT molecular complexity index is 238. The van der Waals surface area contributed by atoms with Gasteiger partial charge >= 0.3 is 0 Å². The van der Waals surface area contributed by atoms with Crippen LogP contribution in [-0.4, -0.2) is 10.2 Å². The summed E-state index contributed by atoms with van der Waals surface area (Å²) in [5.74, 6) is 0.178. The van der Waals surface area contributed by atoms with Crippen LogP contribution in [0.3, 0.4) is 0 Å². The van der Waals surface area contributed by atoms with Crippen molar-refractivity contribution >= 4 is 15.9 Å². The van der Waals surface area contributed by atoms with Crippen LogP contribution < -0.4 is 0 Å². The van der Waals surface area contributed by atoms with Gasteiger partial charge in [-0.05, 0) is 24.6 Å². The summed E-state index contributed by atoms with van der Waals surface area (Å²) in [6.07, 6.45) is 0. The van der Waals surface area contributed by atoms with Crippen molar-refractivity contribution in [1.82, 2.24) is 0 Å². The lowest BCUT2D eigenvalue weighted by Crippen LogP contribution is -1.82. The number of hydrogen-bond acceptors (Lipinski definition) is 2. The Hall–Kier alpha value is -0.700. The molecule has 0 saturated carbocycles. The van der Waals surface area contributed by atoms with Gasteiger partial charge < -0.3 is 10.2 Å². The molecule has 0 aliphatic heterocycles. The van der Waals surface area contributed by atoms with Gasteiger partial charge in [-0.15, -0.1) is 0 Å². The van der Waals surface area contributed by atoms with Crippen LogP contribution >= 0.6 is 15.9 Å². The van der Waals surface area contributed by atoms with Crippen molar-refractivity contribution in [3.63, 3.8) is 0 Å². The summed E-state index contributed by atoms with van der Waals surface area (Å²) < 4.78 is 0. The van der Waals surface area contributed by atoms with E-state index in [0.29, 0.717) is 0 Å². The number of benzene rings is 1. The molecule has 0 amide bonds. The van der Waals surface area contributed by atoms with E-state index in [1.54, 1.807) is 12.1 Å². The normalized spacial score (nSPS) is 12.9. The maximum absolute atomic E-state index is 9.06. The second kappa shape index (κ2) is 3.13. The van der Waals surface area contributed by atoms with Crippen LogP contribution in [0.15, 0.2) is 18.2 Å². The van der Waals surface area contributed by atoms with Gasteiger partial charge in [-0.3, -0.25) is 0 Å². The number of alkyl halides is 1. The first-order chi connectivity index (χ1) is 5.09. The summed E-state index contributed by atoms with van der Waals surface area (Å²) in [5.41, 5.74) is 0.863. The average molecular weight is 217 g/mol. The van der Waals surface area contributed by atoms with Crippen LogP contribution in [0.5, 0.6) is 11.5 Å². The molecule has 0 aliphatic rings. The summed E-state index contributed by atoms with van der Waals surface area (Å²) in [5, 5.41) is 18.1. The predicted octanol–water partition coefficient (Wildman–Crippen LogP) is 2.55. The van der Waals surface area contributed by atoms with Crippen molar-refractivity contribution in [2.24, 2.45) is 0 Å². The van der Waals surface area contributed by atoms with E-state index < -0.39 is 0 Å². The fourth-order valence-corrected chi connectivity index (χ4v) is 1.11. The maximum Gasteiger partial charge on any atom is 0.119 e. The van der Waals surface area contributed by atoms with Crippen LogP contribution in [0.25, 0.3) is 0 Å². The molecule has 0 spiro atoms. The van der Waals surface area contributed by atoms with Crippen molar-refractivity contribution in [1.29, 1.82) is 0 Å². The van der Waals surface area contributed by atoms with Crippen molar-refractivity contribution in [2.75, 3.05) is 0 Å². The molecule has 0 aromatic heterocycles. The van der Waals surface area contributed by atoms with Crippen molar-refractivity contribution in [3.8, 4) is 11.5 Å². The van der Waals surface area contributed by atoms with Gasteiger partial charge in [0.25, 0.3) is 0 Å². The second-order valence-electron chi connectivity index (χ2n) is 2.40. The Labute approximate surface area is 73.6 Å². The number of halogens is 1. The lowest BCUT2D eigenvalue weighted by atomic mass is 10.1. The first kappa shape index (κ1) is 8.40. The minimum Gasteiger partial charge on any atom is -0.508 e. The molecule has 2 N–H and O–H groups in total. The smallest absolute Gasteiger partial charge is 0.119 e. The molecule has 3 heteroatoms. The molecule has 11 heavy (non-hydrogen) atoms. The van der Waals surface area contributed by atoms with Gasteiger partial charge in [-0.2, -0.15) is 0 Å². The van der Waals surface area contributed by atoms with E-state index in [1.807, 2.05) is 6.92 Å². The fraction of sp³-hybridized carbons (Fsp3) is 0.250. The van der Waals surface area contributed by atoms with E-state index >= 15 is 0 Å². The summed E-state index contributed by atoms with van der Waals surface area (Å²) in [6.45, 7) is 1.92. The molecule has 0 aliphatic carbocycles. The van der Waals surface area contributed by atoms with E-state index in [0.717, 1.165) is 5.56 Å². The molecule has 0 radical (unpaired) electrons. The zero-order valence-electron chi connectivity index (χ0n) is 6.08. The van der Waals surface area contributed by atoms with Gasteiger partial charge in [0, 0.05) is 10.9 Å². The highest BCUT2D eigenvalue weighted by Crippen LogP contribution is 2.28. The van der Waals surface area contributed by atoms with Gasteiger partial charge in [-0.25, -0.2) is 0 Å². The second-order valence-corrected chi connectivity index (χ2v) is 3.77. The summed E-state index contributed by atoms with van der Waals surface area (Å²) in [7, 11) is 0. The summed E-state index contributed by atoms with van der Waals surface area (Å²) in [6, 6.07) is 4.52. The highest BCUT2D eigenvalue weighted by molar-refractivity contribution is 9.09. The van der Waals surface area contributed by atoms with E-state index in [4.69, 9.17) is 10.2 Å². The number of aromatic hydroxyl groups is 2. The van der Waals surface area contributed by atoms with E-state index in [2.05, 4.69) is 15.9 Å². The van der Waals surface area contributed by atoms with E-state index in [-0.39, 0.29) is 16.3 Å². The van der Waals surface area contributed by atoms with E-state index in [1.165, 1.54) is 6.07 Å². The molecule has 0 saturated heterocycles. The third-order valence-electron chi connectivity index (χ3n) is 1.38. The molecular weight excluding hydrogens is 208 g/mol. The number of rotatable bonds is 1. The lowest BCUT2D eigenvalue weighted by molar-refractivity contribution is 0.449. The predicted molar refractivity (Wildman–Crippen MR) is 47.1 cm³/mol. The molecule has 1 aromatic carbocycles. The number of phenolic OH excluding ortho intramolecular Hbond substituents is 2. The summed E-state index contributed by atoms with van der Waals surface area (Å²) >= 11 is 3.33. The molecule has 60 valence electrons. The Morgan fingerprint density at radius 2 is 1.64 bits per heavy atom. The third kappa shape index (κ3) is 2.12. The highest BCUT2D eigenvalue weighted by Gasteiger charge is 2.03. The van der Waals surface area contributed by atoms with Crippen molar-refractivity contribution < 1.29 is 10.2 Å². The highest BCUT2D eigenvalue weighted by atomic mass is 79.9. The topological polar surface area (TPSA) is 40.5 Å². The van der Waals surface area contributed by atoms with Gasteiger partial charge in [0.15, 0.2) is 0 Å². The van der Waals surface area contributed by atoms with Crippen molar-refractivity contribution in [3.05, 3.63) is 23.8 Å². The first-order valence-electron chi connectivity index (χ1n) is 3.26. The van der Waals surface area contributed by atoms with Gasteiger partial charge in [0.2, 0.25) is 0 Å². The molecule has 0 fully saturated rings.